The fourth-order valence-electron chi connectivity index (χ4n) is 3.63. The van der Waals surface area contributed by atoms with E-state index >= 15 is 0 Å². The smallest absolute Gasteiger partial charge is 0.254 e. The van der Waals surface area contributed by atoms with Crippen molar-refractivity contribution in [3.63, 3.8) is 0 Å². The van der Waals surface area contributed by atoms with Crippen LogP contribution in [0.5, 0.6) is 0 Å². The van der Waals surface area contributed by atoms with E-state index in [-0.39, 0.29) is 23.9 Å². The molecule has 0 aromatic heterocycles. The van der Waals surface area contributed by atoms with Gasteiger partial charge in [-0.05, 0) is 56.9 Å². The zero-order chi connectivity index (χ0) is 16.4. The molecule has 2 saturated heterocycles. The quantitative estimate of drug-likeness (QED) is 0.929. The SMILES string of the molecule is CC(N)C1CCCCN1C(=O)c1ccc(N2CCCC2=O)cc1. The number of nitrogens with two attached hydrogens (primary N) is 1. The van der Waals surface area contributed by atoms with Gasteiger partial charge >= 0.3 is 0 Å². The monoisotopic (exact) mass is 315 g/mol. The van der Waals surface area contributed by atoms with Crippen molar-refractivity contribution in [1.29, 1.82) is 0 Å². The molecule has 2 unspecified atom stereocenters. The molecule has 0 spiro atoms. The van der Waals surface area contributed by atoms with Gasteiger partial charge in [0.05, 0.1) is 0 Å². The summed E-state index contributed by atoms with van der Waals surface area (Å²) in [6.45, 7) is 3.51. The molecule has 2 atom stereocenters. The van der Waals surface area contributed by atoms with E-state index in [9.17, 15) is 9.59 Å². The third kappa shape index (κ3) is 3.24. The highest BCUT2D eigenvalue weighted by molar-refractivity contribution is 5.97. The van der Waals surface area contributed by atoms with Gasteiger partial charge in [-0.2, -0.15) is 0 Å². The predicted molar refractivity (Wildman–Crippen MR) is 90.4 cm³/mol. The van der Waals surface area contributed by atoms with E-state index in [0.29, 0.717) is 12.0 Å². The van der Waals surface area contributed by atoms with Gasteiger partial charge < -0.3 is 15.5 Å². The molecule has 0 radical (unpaired) electrons. The van der Waals surface area contributed by atoms with Crippen LogP contribution in [0.3, 0.4) is 0 Å². The fraction of sp³-hybridized carbons (Fsp3) is 0.556. The largest absolute Gasteiger partial charge is 0.334 e. The Morgan fingerprint density at radius 1 is 1.17 bits per heavy atom. The number of amides is 2. The van der Waals surface area contributed by atoms with Crippen molar-refractivity contribution >= 4 is 17.5 Å². The number of hydrogen-bond acceptors (Lipinski definition) is 3. The van der Waals surface area contributed by atoms with Gasteiger partial charge in [0.15, 0.2) is 0 Å². The van der Waals surface area contributed by atoms with Gasteiger partial charge in [0.25, 0.3) is 5.91 Å². The van der Waals surface area contributed by atoms with Crippen LogP contribution in [0.25, 0.3) is 0 Å². The molecule has 0 saturated carbocycles. The summed E-state index contributed by atoms with van der Waals surface area (Å²) in [5.74, 6) is 0.212. The summed E-state index contributed by atoms with van der Waals surface area (Å²) in [6.07, 6.45) is 4.67. The Bertz CT molecular complexity index is 582. The first-order chi connectivity index (χ1) is 11.1. The molecular weight excluding hydrogens is 290 g/mol. The molecule has 5 nitrogen and oxygen atoms in total. The summed E-state index contributed by atoms with van der Waals surface area (Å²) in [4.78, 5) is 28.3. The minimum absolute atomic E-state index is 0.0132. The van der Waals surface area contributed by atoms with E-state index in [1.807, 2.05) is 36.1 Å². The molecule has 23 heavy (non-hydrogen) atoms. The minimum atomic E-state index is -0.0132. The maximum atomic E-state index is 12.8. The molecule has 0 bridgehead atoms. The molecule has 5 heteroatoms. The topological polar surface area (TPSA) is 66.6 Å². The van der Waals surface area contributed by atoms with Crippen LogP contribution < -0.4 is 10.6 Å². The van der Waals surface area contributed by atoms with Crippen LogP contribution in [0, 0.1) is 0 Å². The summed E-state index contributed by atoms with van der Waals surface area (Å²) in [7, 11) is 0. The van der Waals surface area contributed by atoms with Gasteiger partial charge in [0.1, 0.15) is 0 Å². The molecule has 2 amide bonds. The minimum Gasteiger partial charge on any atom is -0.334 e. The molecular formula is C18H25N3O2. The molecule has 2 fully saturated rings. The van der Waals surface area contributed by atoms with Gasteiger partial charge in [-0.3, -0.25) is 9.59 Å². The van der Waals surface area contributed by atoms with Crippen LogP contribution in [0.4, 0.5) is 5.69 Å². The standard InChI is InChI=1S/C18H25N3O2/c1-13(19)16-5-2-3-11-21(16)18(23)14-7-9-15(10-8-14)20-12-4-6-17(20)22/h7-10,13,16H,2-6,11-12,19H2,1H3. The normalized spacial score (nSPS) is 23.2. The number of rotatable bonds is 3. The van der Waals surface area contributed by atoms with Gasteiger partial charge in [-0.1, -0.05) is 0 Å². The van der Waals surface area contributed by atoms with Crippen molar-refractivity contribution in [2.75, 3.05) is 18.0 Å². The highest BCUT2D eigenvalue weighted by atomic mass is 16.2. The van der Waals surface area contributed by atoms with Crippen molar-refractivity contribution in [3.05, 3.63) is 29.8 Å². The Balaban J connectivity index is 1.75. The molecule has 1 aromatic carbocycles. The summed E-state index contributed by atoms with van der Waals surface area (Å²) in [5.41, 5.74) is 7.61. The first kappa shape index (κ1) is 16.0. The molecule has 1 aromatic rings. The van der Waals surface area contributed by atoms with E-state index in [4.69, 9.17) is 5.73 Å². The maximum Gasteiger partial charge on any atom is 0.254 e. The third-order valence-corrected chi connectivity index (χ3v) is 4.92. The van der Waals surface area contributed by atoms with Gasteiger partial charge in [-0.15, -0.1) is 0 Å². The second-order valence-corrected chi connectivity index (χ2v) is 6.62. The van der Waals surface area contributed by atoms with Crippen LogP contribution in [0.1, 0.15) is 49.4 Å². The van der Waals surface area contributed by atoms with Crippen molar-refractivity contribution in [3.8, 4) is 0 Å². The van der Waals surface area contributed by atoms with Crippen LogP contribution in [0.2, 0.25) is 0 Å². The van der Waals surface area contributed by atoms with Gasteiger partial charge in [0, 0.05) is 42.8 Å². The highest BCUT2D eigenvalue weighted by Crippen LogP contribution is 2.24. The Kier molecular flexibility index (Phi) is 4.66. The van der Waals surface area contributed by atoms with Crippen LogP contribution in [0.15, 0.2) is 24.3 Å². The van der Waals surface area contributed by atoms with E-state index in [1.54, 1.807) is 4.90 Å². The molecule has 2 aliphatic heterocycles. The number of piperidine rings is 1. The summed E-state index contributed by atoms with van der Waals surface area (Å²) in [6, 6.07) is 7.52. The highest BCUT2D eigenvalue weighted by Gasteiger charge is 2.30. The van der Waals surface area contributed by atoms with Crippen LogP contribution in [-0.4, -0.2) is 41.9 Å². The average Bonchev–Trinajstić information content (AvgIpc) is 3.00. The number of nitrogens with zero attached hydrogens (tertiary/aromatic N) is 2. The van der Waals surface area contributed by atoms with Crippen molar-refractivity contribution in [1.82, 2.24) is 4.90 Å². The van der Waals surface area contributed by atoms with Crippen molar-refractivity contribution in [2.45, 2.75) is 51.1 Å². The summed E-state index contributed by atoms with van der Waals surface area (Å²) < 4.78 is 0. The third-order valence-electron chi connectivity index (χ3n) is 4.92. The average molecular weight is 315 g/mol. The number of likely N-dealkylation sites (tertiary alicyclic amines) is 1. The lowest BCUT2D eigenvalue weighted by Crippen LogP contribution is -2.51. The van der Waals surface area contributed by atoms with E-state index in [2.05, 4.69) is 0 Å². The van der Waals surface area contributed by atoms with E-state index < -0.39 is 0 Å². The van der Waals surface area contributed by atoms with Crippen LogP contribution >= 0.6 is 0 Å². The maximum absolute atomic E-state index is 12.8. The molecule has 3 rings (SSSR count). The lowest BCUT2D eigenvalue weighted by Gasteiger charge is -2.38. The fourth-order valence-corrected chi connectivity index (χ4v) is 3.63. The Hall–Kier alpha value is -1.88. The van der Waals surface area contributed by atoms with Gasteiger partial charge in [-0.25, -0.2) is 0 Å². The van der Waals surface area contributed by atoms with Crippen LogP contribution in [-0.2, 0) is 4.79 Å². The van der Waals surface area contributed by atoms with E-state index in [1.165, 1.54) is 0 Å². The Morgan fingerprint density at radius 2 is 1.91 bits per heavy atom. The first-order valence-corrected chi connectivity index (χ1v) is 8.55. The zero-order valence-corrected chi connectivity index (χ0v) is 13.7. The number of anilines is 1. The lowest BCUT2D eigenvalue weighted by molar-refractivity contribution is -0.117. The number of hydrogen-bond donors (Lipinski definition) is 1. The summed E-state index contributed by atoms with van der Waals surface area (Å²) >= 11 is 0. The van der Waals surface area contributed by atoms with Crippen molar-refractivity contribution in [2.24, 2.45) is 5.73 Å². The van der Waals surface area contributed by atoms with Gasteiger partial charge in [0.2, 0.25) is 5.91 Å². The lowest BCUT2D eigenvalue weighted by atomic mass is 9.96. The Morgan fingerprint density at radius 3 is 2.52 bits per heavy atom. The number of benzene rings is 1. The Labute approximate surface area is 137 Å². The molecule has 2 heterocycles. The zero-order valence-electron chi connectivity index (χ0n) is 13.7. The molecule has 124 valence electrons. The molecule has 2 N–H and O–H groups in total. The summed E-state index contributed by atoms with van der Waals surface area (Å²) in [5, 5.41) is 0. The molecule has 0 aliphatic carbocycles. The second-order valence-electron chi connectivity index (χ2n) is 6.62. The number of carbonyl (C=O) groups excluding carboxylic acids is 2. The number of carbonyl (C=O) groups is 2. The van der Waals surface area contributed by atoms with E-state index in [0.717, 1.165) is 44.5 Å². The molecule has 2 aliphatic rings. The predicted octanol–water partition coefficient (Wildman–Crippen LogP) is 2.16. The first-order valence-electron chi connectivity index (χ1n) is 8.55. The van der Waals surface area contributed by atoms with Crippen molar-refractivity contribution < 1.29 is 9.59 Å². The second kappa shape index (κ2) is 6.71.